The Morgan fingerprint density at radius 3 is 1.98 bits per heavy atom. The monoisotopic (exact) mass is 598 g/mol. The van der Waals surface area contributed by atoms with Crippen LogP contribution in [0.5, 0.6) is 0 Å². The number of aromatic nitrogens is 1. The van der Waals surface area contributed by atoms with Crippen LogP contribution in [0.3, 0.4) is 0 Å². The van der Waals surface area contributed by atoms with Crippen LogP contribution in [-0.2, 0) is 0 Å². The van der Waals surface area contributed by atoms with E-state index in [0.29, 0.717) is 0 Å². The topological polar surface area (TPSA) is 20.8 Å². The van der Waals surface area contributed by atoms with Crippen molar-refractivity contribution in [1.82, 2.24) is 4.40 Å². The molecule has 0 spiro atoms. The van der Waals surface area contributed by atoms with Gasteiger partial charge in [-0.05, 0) is 64.7 Å². The Hall–Kier alpha value is -6.32. The fraction of sp³-hybridized carbons (Fsp3) is 0. The highest BCUT2D eigenvalue weighted by atomic mass is 16.3. The summed E-state index contributed by atoms with van der Waals surface area (Å²) in [6.45, 7) is 0. The molecule has 11 aromatic rings. The number of para-hydroxylation sites is 2. The Morgan fingerprint density at radius 1 is 0.404 bits per heavy atom. The molecule has 3 heterocycles. The predicted octanol–water partition coefficient (Wildman–Crippen LogP) is 12.5. The maximum Gasteiger partial charge on any atom is 0.135 e. The second-order valence-corrected chi connectivity index (χ2v) is 12.5. The summed E-state index contributed by atoms with van der Waals surface area (Å²) in [4.78, 5) is 2.44. The maximum atomic E-state index is 6.27. The fourth-order valence-corrected chi connectivity index (χ4v) is 8.03. The summed E-state index contributed by atoms with van der Waals surface area (Å²) in [6, 6.07) is 57.1. The van der Waals surface area contributed by atoms with Gasteiger partial charge in [0.1, 0.15) is 11.2 Å². The molecule has 3 heteroatoms. The first-order chi connectivity index (χ1) is 23.3. The van der Waals surface area contributed by atoms with Crippen molar-refractivity contribution in [2.75, 3.05) is 4.90 Å². The van der Waals surface area contributed by atoms with E-state index in [1.165, 1.54) is 59.6 Å². The molecule has 218 valence electrons. The van der Waals surface area contributed by atoms with Crippen molar-refractivity contribution >= 4 is 98.6 Å². The lowest BCUT2D eigenvalue weighted by Gasteiger charge is -2.27. The molecule has 0 atom stereocenters. The molecule has 3 aromatic heterocycles. The van der Waals surface area contributed by atoms with Crippen molar-refractivity contribution in [3.05, 3.63) is 158 Å². The predicted molar refractivity (Wildman–Crippen MR) is 198 cm³/mol. The van der Waals surface area contributed by atoms with E-state index in [1.807, 2.05) is 12.1 Å². The summed E-state index contributed by atoms with van der Waals surface area (Å²) < 4.78 is 8.77. The third-order valence-electron chi connectivity index (χ3n) is 10.1. The molecule has 47 heavy (non-hydrogen) atoms. The molecule has 0 bridgehead atoms. The van der Waals surface area contributed by atoms with Crippen molar-refractivity contribution in [3.8, 4) is 0 Å². The van der Waals surface area contributed by atoms with Crippen LogP contribution in [0, 0.1) is 0 Å². The van der Waals surface area contributed by atoms with Gasteiger partial charge in [-0.1, -0.05) is 109 Å². The first kappa shape index (κ1) is 24.9. The molecule has 0 saturated carbocycles. The van der Waals surface area contributed by atoms with Crippen LogP contribution in [0.25, 0.3) is 81.6 Å². The Labute approximate surface area is 269 Å². The van der Waals surface area contributed by atoms with Crippen LogP contribution in [0.1, 0.15) is 0 Å². The fourth-order valence-electron chi connectivity index (χ4n) is 8.03. The summed E-state index contributed by atoms with van der Waals surface area (Å²) in [5.41, 5.74) is 8.91. The largest absolute Gasteiger partial charge is 0.456 e. The smallest absolute Gasteiger partial charge is 0.135 e. The van der Waals surface area contributed by atoms with Gasteiger partial charge in [0.25, 0.3) is 0 Å². The summed E-state index contributed by atoms with van der Waals surface area (Å²) in [6.07, 6.45) is 0. The standard InChI is InChI=1S/C44H26N2O/c1-2-11-29-25-30(19-17-27(29)9-1)45(31-20-24-41-37(26-31)34-14-6-8-16-40(34)47-41)39-23-22-35-33-13-5-7-15-38(33)46-43-32-12-4-3-10-28(32)18-21-36(43)42(39)44(35)46/h1-26H. The molecule has 0 radical (unpaired) electrons. The molecular weight excluding hydrogens is 572 g/mol. The zero-order valence-electron chi connectivity index (χ0n) is 25.3. The summed E-state index contributed by atoms with van der Waals surface area (Å²) >= 11 is 0. The van der Waals surface area contributed by atoms with Gasteiger partial charge in [-0.3, -0.25) is 0 Å². The number of nitrogens with zero attached hydrogens (tertiary/aromatic N) is 2. The minimum Gasteiger partial charge on any atom is -0.456 e. The molecule has 8 aromatic carbocycles. The van der Waals surface area contributed by atoms with Gasteiger partial charge in [-0.2, -0.15) is 0 Å². The average molecular weight is 599 g/mol. The van der Waals surface area contributed by atoms with E-state index in [-0.39, 0.29) is 0 Å². The molecule has 0 aliphatic heterocycles. The quantitative estimate of drug-likeness (QED) is 0.202. The normalized spacial score (nSPS) is 12.3. The number of anilines is 3. The zero-order chi connectivity index (χ0) is 30.6. The highest BCUT2D eigenvalue weighted by Gasteiger charge is 2.25. The van der Waals surface area contributed by atoms with Gasteiger partial charge in [-0.15, -0.1) is 0 Å². The third kappa shape index (κ3) is 3.35. The van der Waals surface area contributed by atoms with E-state index < -0.39 is 0 Å². The summed E-state index contributed by atoms with van der Waals surface area (Å²) in [7, 11) is 0. The summed E-state index contributed by atoms with van der Waals surface area (Å²) in [5.74, 6) is 0. The molecule has 0 aliphatic carbocycles. The summed E-state index contributed by atoms with van der Waals surface area (Å²) in [5, 5.41) is 12.2. The van der Waals surface area contributed by atoms with E-state index in [0.717, 1.165) is 39.0 Å². The lowest BCUT2D eigenvalue weighted by molar-refractivity contribution is 0.669. The molecule has 3 nitrogen and oxygen atoms in total. The molecule has 0 aliphatic rings. The molecule has 0 saturated heterocycles. The number of rotatable bonds is 3. The molecule has 0 amide bonds. The molecular formula is C44H26N2O. The average Bonchev–Trinajstić information content (AvgIpc) is 3.79. The van der Waals surface area contributed by atoms with Gasteiger partial charge >= 0.3 is 0 Å². The maximum absolute atomic E-state index is 6.27. The Balaban J connectivity index is 1.31. The van der Waals surface area contributed by atoms with Crippen LogP contribution in [0.15, 0.2) is 162 Å². The van der Waals surface area contributed by atoms with Crippen molar-refractivity contribution in [3.63, 3.8) is 0 Å². The van der Waals surface area contributed by atoms with Crippen molar-refractivity contribution in [1.29, 1.82) is 0 Å². The number of benzene rings is 8. The highest BCUT2D eigenvalue weighted by molar-refractivity contribution is 6.30. The van der Waals surface area contributed by atoms with Crippen LogP contribution in [-0.4, -0.2) is 4.40 Å². The van der Waals surface area contributed by atoms with Crippen LogP contribution < -0.4 is 4.90 Å². The van der Waals surface area contributed by atoms with E-state index in [1.54, 1.807) is 0 Å². The second kappa shape index (κ2) is 9.12. The zero-order valence-corrected chi connectivity index (χ0v) is 25.3. The van der Waals surface area contributed by atoms with E-state index in [9.17, 15) is 0 Å². The van der Waals surface area contributed by atoms with Gasteiger partial charge in [0.2, 0.25) is 0 Å². The first-order valence-corrected chi connectivity index (χ1v) is 16.1. The van der Waals surface area contributed by atoms with Crippen molar-refractivity contribution in [2.24, 2.45) is 0 Å². The first-order valence-electron chi connectivity index (χ1n) is 16.1. The van der Waals surface area contributed by atoms with Crippen LogP contribution >= 0.6 is 0 Å². The molecule has 11 rings (SSSR count). The van der Waals surface area contributed by atoms with Gasteiger partial charge in [0.05, 0.1) is 22.2 Å². The Kier molecular flexibility index (Phi) is 4.84. The van der Waals surface area contributed by atoms with Crippen LogP contribution in [0.4, 0.5) is 17.1 Å². The van der Waals surface area contributed by atoms with Crippen LogP contribution in [0.2, 0.25) is 0 Å². The van der Waals surface area contributed by atoms with Gasteiger partial charge < -0.3 is 13.7 Å². The van der Waals surface area contributed by atoms with Gasteiger partial charge in [0.15, 0.2) is 0 Å². The number of fused-ring (bicyclic) bond motifs is 12. The second-order valence-electron chi connectivity index (χ2n) is 12.5. The molecule has 0 fully saturated rings. The van der Waals surface area contributed by atoms with E-state index in [4.69, 9.17) is 4.42 Å². The minimum absolute atomic E-state index is 0.894. The minimum atomic E-state index is 0.894. The highest BCUT2D eigenvalue weighted by Crippen LogP contribution is 2.49. The Morgan fingerprint density at radius 2 is 1.06 bits per heavy atom. The molecule has 0 N–H and O–H groups in total. The number of furan rings is 1. The third-order valence-corrected chi connectivity index (χ3v) is 10.1. The lowest BCUT2D eigenvalue weighted by Crippen LogP contribution is -2.10. The van der Waals surface area contributed by atoms with E-state index in [2.05, 4.69) is 155 Å². The number of hydrogen-bond donors (Lipinski definition) is 0. The number of hydrogen-bond acceptors (Lipinski definition) is 2. The van der Waals surface area contributed by atoms with E-state index >= 15 is 0 Å². The molecule has 0 unspecified atom stereocenters. The SMILES string of the molecule is c1ccc2cc(N(c3ccc4oc5ccccc5c4c3)c3ccc4c5ccccc5n5c6c7ccccc7ccc6c3c45)ccc2c1. The van der Waals surface area contributed by atoms with Crippen molar-refractivity contribution < 1.29 is 4.42 Å². The van der Waals surface area contributed by atoms with Gasteiger partial charge in [0, 0.05) is 49.1 Å². The lowest BCUT2D eigenvalue weighted by atomic mass is 10.0. The Bertz CT molecular complexity index is 3040. The van der Waals surface area contributed by atoms with Gasteiger partial charge in [-0.25, -0.2) is 0 Å². The van der Waals surface area contributed by atoms with Crippen molar-refractivity contribution in [2.45, 2.75) is 0 Å².